The summed E-state index contributed by atoms with van der Waals surface area (Å²) in [5.41, 5.74) is 17.8. The Kier molecular flexibility index (Phi) is 12.3. The summed E-state index contributed by atoms with van der Waals surface area (Å²) >= 11 is -2.93. The van der Waals surface area contributed by atoms with Crippen LogP contribution in [0.25, 0.3) is 11.1 Å². The van der Waals surface area contributed by atoms with E-state index in [1.165, 1.54) is 55.6 Å². The molecule has 4 aromatic carbocycles. The number of benzene rings is 4. The summed E-state index contributed by atoms with van der Waals surface area (Å²) in [7, 11) is 0. The van der Waals surface area contributed by atoms with Crippen LogP contribution in [-0.2, 0) is 49.3 Å². The fourth-order valence-electron chi connectivity index (χ4n) is 8.24. The van der Waals surface area contributed by atoms with Gasteiger partial charge in [0.1, 0.15) is 0 Å². The minimum Gasteiger partial charge on any atom is -0.147 e. The molecule has 0 heterocycles. The van der Waals surface area contributed by atoms with Crippen molar-refractivity contribution in [3.05, 3.63) is 144 Å². The molecular weight excluding hydrogens is 751 g/mol. The largest absolute Gasteiger partial charge is 0.147 e. The van der Waals surface area contributed by atoms with E-state index in [4.69, 9.17) is 0 Å². The molecular formula is C49H62Cl2Zr. The van der Waals surface area contributed by atoms with E-state index in [9.17, 15) is 0 Å². The molecule has 0 N–H and O–H groups in total. The van der Waals surface area contributed by atoms with Gasteiger partial charge in [0.15, 0.2) is 0 Å². The second kappa shape index (κ2) is 15.1. The van der Waals surface area contributed by atoms with Crippen molar-refractivity contribution in [2.75, 3.05) is 0 Å². The quantitative estimate of drug-likeness (QED) is 0.170. The molecule has 276 valence electrons. The zero-order valence-electron chi connectivity index (χ0n) is 34.3. The van der Waals surface area contributed by atoms with Crippen molar-refractivity contribution in [2.24, 2.45) is 0 Å². The van der Waals surface area contributed by atoms with E-state index in [0.29, 0.717) is 0 Å². The van der Waals surface area contributed by atoms with E-state index in [0.717, 1.165) is 12.8 Å². The third-order valence-electron chi connectivity index (χ3n) is 10.8. The first-order valence-corrected chi connectivity index (χ1v) is 22.5. The second-order valence-corrected chi connectivity index (χ2v) is 25.1. The Balaban J connectivity index is 0.00000302. The molecule has 52 heavy (non-hydrogen) atoms. The van der Waals surface area contributed by atoms with Crippen LogP contribution in [-0.4, -0.2) is 3.21 Å². The monoisotopic (exact) mass is 810 g/mol. The molecule has 0 saturated heterocycles. The third-order valence-corrected chi connectivity index (χ3v) is 18.5. The minimum absolute atomic E-state index is 0. The molecule has 0 fully saturated rings. The molecule has 0 bridgehead atoms. The summed E-state index contributed by atoms with van der Waals surface area (Å²) in [6.07, 6.45) is 9.33. The fourth-order valence-corrected chi connectivity index (χ4v) is 17.3. The normalized spacial score (nSPS) is 13.9. The first-order valence-electron chi connectivity index (χ1n) is 18.8. The molecule has 2 aliphatic rings. The number of aryl methyl sites for hydroxylation is 2. The predicted octanol–water partition coefficient (Wildman–Crippen LogP) is 13.3. The van der Waals surface area contributed by atoms with Crippen LogP contribution in [0.1, 0.15) is 145 Å². The topological polar surface area (TPSA) is 0 Å². The van der Waals surface area contributed by atoms with Gasteiger partial charge in [-0.15, -0.1) is 24.8 Å². The molecule has 0 nitrogen and oxygen atoms in total. The van der Waals surface area contributed by atoms with E-state index in [-0.39, 0.29) is 46.5 Å². The smallest absolute Gasteiger partial charge is 0.147 e. The fraction of sp³-hybridized carbons (Fsp3) is 0.408. The Morgan fingerprint density at radius 3 is 1.44 bits per heavy atom. The molecule has 2 aliphatic carbocycles. The molecule has 6 rings (SSSR count). The van der Waals surface area contributed by atoms with Crippen LogP contribution < -0.4 is 3.27 Å². The van der Waals surface area contributed by atoms with Gasteiger partial charge in [0.25, 0.3) is 0 Å². The Morgan fingerprint density at radius 2 is 1.02 bits per heavy atom. The zero-order chi connectivity index (χ0) is 36.6. The standard InChI is InChI=1S/C29H41.C15H14.C5H5.2ClH.Zr/c1-26(2,3)22-14-18-13-19-15-23(27(4,5)6)25(29(10,11)12)17-21(19)20(18)16-24(22)28(7,8)9;1-12-3-7-14(8-4-12)11-15-9-5-13(2)6-10-15;1-2-4-5-3-1;;;/h14,16-17H,13H2,1-12H3;3-10H,1-2H3;1-3H,4H2;2*1H;. The predicted molar refractivity (Wildman–Crippen MR) is 231 cm³/mol. The number of hydrogen-bond acceptors (Lipinski definition) is 0. The maximum absolute atomic E-state index is 2.93. The van der Waals surface area contributed by atoms with Crippen molar-refractivity contribution >= 4 is 31.3 Å². The average Bonchev–Trinajstić information content (AvgIpc) is 3.66. The van der Waals surface area contributed by atoms with Gasteiger partial charge in [-0.2, -0.15) is 0 Å². The van der Waals surface area contributed by atoms with Crippen LogP contribution >= 0.6 is 24.8 Å². The molecule has 0 spiro atoms. The maximum Gasteiger partial charge on any atom is -0.147 e. The van der Waals surface area contributed by atoms with Gasteiger partial charge in [0.2, 0.25) is 0 Å². The second-order valence-electron chi connectivity index (χ2n) is 19.2. The Morgan fingerprint density at radius 1 is 0.558 bits per heavy atom. The van der Waals surface area contributed by atoms with Crippen molar-refractivity contribution in [1.82, 2.24) is 0 Å². The van der Waals surface area contributed by atoms with Crippen molar-refractivity contribution < 1.29 is 21.3 Å². The molecule has 0 unspecified atom stereocenters. The van der Waals surface area contributed by atoms with Gasteiger partial charge in [-0.25, -0.2) is 0 Å². The maximum atomic E-state index is 2.65. The summed E-state index contributed by atoms with van der Waals surface area (Å²) in [5.74, 6) is 0. The van der Waals surface area contributed by atoms with E-state index in [1.54, 1.807) is 20.9 Å². The Hall–Kier alpha value is -2.31. The van der Waals surface area contributed by atoms with Gasteiger partial charge in [-0.1, -0.05) is 0 Å². The van der Waals surface area contributed by atoms with E-state index in [2.05, 4.69) is 182 Å². The number of halogens is 2. The summed E-state index contributed by atoms with van der Waals surface area (Å²) in [6.45, 7) is 33.5. The molecule has 0 amide bonds. The van der Waals surface area contributed by atoms with Crippen LogP contribution in [0.3, 0.4) is 0 Å². The number of allylic oxidation sites excluding steroid dienone is 4. The van der Waals surface area contributed by atoms with Crippen molar-refractivity contribution in [2.45, 2.75) is 131 Å². The van der Waals surface area contributed by atoms with Gasteiger partial charge >= 0.3 is 314 Å². The van der Waals surface area contributed by atoms with Gasteiger partial charge < -0.3 is 0 Å². The SMILES string of the molecule is Cc1ccc([C](c2ccc(C)cc2)=[Zr]([C]2=CC=CC2)[c]2c3c(cc(C(C)(C)C)c2C(C)(C)C)-c2cc(C(C)(C)C)c(C(C)(C)C)cc2C3)cc1.Cl.Cl. The molecule has 0 saturated carbocycles. The third kappa shape index (κ3) is 8.19. The molecule has 0 aromatic heterocycles. The number of rotatable bonds is 4. The molecule has 0 aliphatic heterocycles. The van der Waals surface area contributed by atoms with E-state index < -0.39 is 21.3 Å². The van der Waals surface area contributed by atoms with Gasteiger partial charge in [0, 0.05) is 0 Å². The van der Waals surface area contributed by atoms with Crippen LogP contribution in [0.5, 0.6) is 0 Å². The summed E-state index contributed by atoms with van der Waals surface area (Å²) in [5, 5.41) is 0. The van der Waals surface area contributed by atoms with Gasteiger partial charge in [-0.05, 0) is 0 Å². The Bertz CT molecular complexity index is 2010. The van der Waals surface area contributed by atoms with E-state index in [1.807, 2.05) is 0 Å². The minimum atomic E-state index is -2.93. The number of hydrogen-bond donors (Lipinski definition) is 0. The van der Waals surface area contributed by atoms with Crippen molar-refractivity contribution in [3.8, 4) is 11.1 Å². The first-order chi connectivity index (χ1) is 23.2. The average molecular weight is 813 g/mol. The van der Waals surface area contributed by atoms with Crippen molar-refractivity contribution in [3.63, 3.8) is 0 Å². The van der Waals surface area contributed by atoms with Crippen LogP contribution in [0.15, 0.2) is 88.2 Å². The van der Waals surface area contributed by atoms with Crippen LogP contribution in [0, 0.1) is 13.8 Å². The van der Waals surface area contributed by atoms with Crippen LogP contribution in [0.4, 0.5) is 0 Å². The molecule has 4 aromatic rings. The number of fused-ring (bicyclic) bond motifs is 3. The summed E-state index contributed by atoms with van der Waals surface area (Å²) in [6, 6.07) is 26.8. The van der Waals surface area contributed by atoms with E-state index >= 15 is 0 Å². The van der Waals surface area contributed by atoms with Crippen molar-refractivity contribution in [1.29, 1.82) is 0 Å². The summed E-state index contributed by atoms with van der Waals surface area (Å²) in [4.78, 5) is 0. The molecule has 0 radical (unpaired) electrons. The Labute approximate surface area is 336 Å². The molecule has 3 heteroatoms. The zero-order valence-corrected chi connectivity index (χ0v) is 38.4. The first kappa shape index (κ1) is 42.4. The van der Waals surface area contributed by atoms with Gasteiger partial charge in [0.05, 0.1) is 0 Å². The summed E-state index contributed by atoms with van der Waals surface area (Å²) < 4.78 is 5.03. The van der Waals surface area contributed by atoms with Crippen LogP contribution in [0.2, 0.25) is 0 Å². The molecule has 0 atom stereocenters. The van der Waals surface area contributed by atoms with Gasteiger partial charge in [-0.3, -0.25) is 0 Å².